The maximum Gasteiger partial charge on any atom is 0.331 e. The monoisotopic (exact) mass is 293 g/mol. The minimum absolute atomic E-state index is 0.179. The fourth-order valence-corrected chi connectivity index (χ4v) is 2.23. The highest BCUT2D eigenvalue weighted by atomic mass is 32.1. The van der Waals surface area contributed by atoms with Gasteiger partial charge in [0.25, 0.3) is 0 Å². The van der Waals surface area contributed by atoms with E-state index in [9.17, 15) is 9.59 Å². The van der Waals surface area contributed by atoms with E-state index in [0.717, 1.165) is 5.56 Å². The number of aromatic nitrogens is 2. The third-order valence-corrected chi connectivity index (χ3v) is 3.63. The number of amides is 1. The van der Waals surface area contributed by atoms with E-state index in [4.69, 9.17) is 5.11 Å². The van der Waals surface area contributed by atoms with Crippen LogP contribution in [0.3, 0.4) is 0 Å². The molecule has 0 bridgehead atoms. The van der Waals surface area contributed by atoms with Crippen molar-refractivity contribution in [3.8, 4) is 0 Å². The number of carboxylic acid groups (broad SMARTS) is 1. The van der Waals surface area contributed by atoms with Crippen LogP contribution in [0, 0.1) is 0 Å². The summed E-state index contributed by atoms with van der Waals surface area (Å²) in [6.07, 6.45) is 1.81. The molecule has 0 aliphatic heterocycles. The zero-order valence-electron chi connectivity index (χ0n) is 11.2. The Labute approximate surface area is 120 Å². The molecule has 0 aromatic carbocycles. The van der Waals surface area contributed by atoms with Crippen LogP contribution in [0.15, 0.2) is 29.1 Å². The summed E-state index contributed by atoms with van der Waals surface area (Å²) >= 11 is 1.53. The zero-order valence-corrected chi connectivity index (χ0v) is 12.0. The van der Waals surface area contributed by atoms with Crippen molar-refractivity contribution in [2.45, 2.75) is 25.8 Å². The average Bonchev–Trinajstić information content (AvgIpc) is 3.00. The van der Waals surface area contributed by atoms with Crippen LogP contribution in [-0.4, -0.2) is 26.8 Å². The SMILES string of the molecule is CC(C)(C(=O)O)n1ccc(NC(=O)Cc2ccsc2)n1. The molecule has 0 radical (unpaired) electrons. The number of carboxylic acids is 1. The first kappa shape index (κ1) is 14.3. The number of carbonyl (C=O) groups is 2. The summed E-state index contributed by atoms with van der Waals surface area (Å²) in [4.78, 5) is 22.9. The first-order valence-corrected chi connectivity index (χ1v) is 6.94. The van der Waals surface area contributed by atoms with Crippen molar-refractivity contribution < 1.29 is 14.7 Å². The quantitative estimate of drug-likeness (QED) is 0.882. The number of thiophene rings is 1. The Balaban J connectivity index is 2.03. The summed E-state index contributed by atoms with van der Waals surface area (Å²) < 4.78 is 1.32. The highest BCUT2D eigenvalue weighted by Crippen LogP contribution is 2.16. The predicted octanol–water partition coefficient (Wildman–Crippen LogP) is 1.95. The van der Waals surface area contributed by atoms with Crippen LogP contribution in [0.4, 0.5) is 5.82 Å². The lowest BCUT2D eigenvalue weighted by molar-refractivity contribution is -0.146. The number of hydrogen-bond acceptors (Lipinski definition) is 4. The molecule has 0 unspecified atom stereocenters. The van der Waals surface area contributed by atoms with E-state index < -0.39 is 11.5 Å². The number of aliphatic carboxylic acids is 1. The second-order valence-corrected chi connectivity index (χ2v) is 5.65. The molecule has 2 rings (SSSR count). The minimum atomic E-state index is -1.16. The van der Waals surface area contributed by atoms with Gasteiger partial charge in [0.1, 0.15) is 0 Å². The lowest BCUT2D eigenvalue weighted by Gasteiger charge is -2.19. The molecule has 0 atom stereocenters. The smallest absolute Gasteiger partial charge is 0.331 e. The number of anilines is 1. The van der Waals surface area contributed by atoms with Gasteiger partial charge in [-0.25, -0.2) is 4.79 Å². The molecule has 106 valence electrons. The summed E-state index contributed by atoms with van der Waals surface area (Å²) in [5.74, 6) is -0.821. The average molecular weight is 293 g/mol. The Morgan fingerprint density at radius 1 is 1.45 bits per heavy atom. The minimum Gasteiger partial charge on any atom is -0.479 e. The molecule has 6 nitrogen and oxygen atoms in total. The van der Waals surface area contributed by atoms with Crippen LogP contribution >= 0.6 is 11.3 Å². The molecule has 2 aromatic heterocycles. The molecule has 20 heavy (non-hydrogen) atoms. The van der Waals surface area contributed by atoms with Crippen LogP contribution in [0.1, 0.15) is 19.4 Å². The van der Waals surface area contributed by atoms with Gasteiger partial charge >= 0.3 is 5.97 Å². The van der Waals surface area contributed by atoms with Gasteiger partial charge in [0.2, 0.25) is 5.91 Å². The predicted molar refractivity (Wildman–Crippen MR) is 75.8 cm³/mol. The molecular weight excluding hydrogens is 278 g/mol. The van der Waals surface area contributed by atoms with Gasteiger partial charge in [0.05, 0.1) is 6.42 Å². The van der Waals surface area contributed by atoms with Gasteiger partial charge < -0.3 is 10.4 Å². The number of carbonyl (C=O) groups excluding carboxylic acids is 1. The van der Waals surface area contributed by atoms with Gasteiger partial charge in [-0.2, -0.15) is 16.4 Å². The molecule has 0 aliphatic carbocycles. The van der Waals surface area contributed by atoms with E-state index in [1.807, 2.05) is 16.8 Å². The highest BCUT2D eigenvalue weighted by molar-refractivity contribution is 7.08. The van der Waals surface area contributed by atoms with Crippen molar-refractivity contribution in [1.29, 1.82) is 0 Å². The van der Waals surface area contributed by atoms with E-state index in [1.165, 1.54) is 22.2 Å². The van der Waals surface area contributed by atoms with Gasteiger partial charge in [-0.3, -0.25) is 9.48 Å². The Bertz CT molecular complexity index is 617. The molecule has 0 saturated carbocycles. The molecule has 2 aromatic rings. The topological polar surface area (TPSA) is 84.2 Å². The van der Waals surface area contributed by atoms with E-state index in [0.29, 0.717) is 5.82 Å². The van der Waals surface area contributed by atoms with Gasteiger partial charge in [-0.05, 0) is 36.2 Å². The van der Waals surface area contributed by atoms with Crippen LogP contribution in [0.5, 0.6) is 0 Å². The Hall–Kier alpha value is -2.15. The van der Waals surface area contributed by atoms with Crippen molar-refractivity contribution in [2.24, 2.45) is 0 Å². The zero-order chi connectivity index (χ0) is 14.8. The third kappa shape index (κ3) is 3.05. The Kier molecular flexibility index (Phi) is 3.89. The molecule has 0 aliphatic rings. The summed E-state index contributed by atoms with van der Waals surface area (Å²) in [6, 6.07) is 3.46. The third-order valence-electron chi connectivity index (χ3n) is 2.90. The summed E-state index contributed by atoms with van der Waals surface area (Å²) in [5, 5.41) is 19.7. The second-order valence-electron chi connectivity index (χ2n) is 4.87. The maximum absolute atomic E-state index is 11.8. The van der Waals surface area contributed by atoms with Crippen LogP contribution < -0.4 is 5.32 Å². The van der Waals surface area contributed by atoms with E-state index in [-0.39, 0.29) is 12.3 Å². The Morgan fingerprint density at radius 3 is 2.80 bits per heavy atom. The number of nitrogens with zero attached hydrogens (tertiary/aromatic N) is 2. The van der Waals surface area contributed by atoms with E-state index in [2.05, 4.69) is 10.4 Å². The van der Waals surface area contributed by atoms with E-state index >= 15 is 0 Å². The van der Waals surface area contributed by atoms with E-state index in [1.54, 1.807) is 19.9 Å². The fraction of sp³-hybridized carbons (Fsp3) is 0.308. The number of nitrogens with one attached hydrogen (secondary N) is 1. The van der Waals surface area contributed by atoms with Crippen molar-refractivity contribution in [3.63, 3.8) is 0 Å². The molecule has 2 heterocycles. The Morgan fingerprint density at radius 2 is 2.20 bits per heavy atom. The molecule has 2 N–H and O–H groups in total. The van der Waals surface area contributed by atoms with Crippen molar-refractivity contribution >= 4 is 29.0 Å². The summed E-state index contributed by atoms with van der Waals surface area (Å²) in [6.45, 7) is 3.08. The standard InChI is InChI=1S/C13H15N3O3S/c1-13(2,12(18)19)16-5-3-10(15-16)14-11(17)7-9-4-6-20-8-9/h3-6,8H,7H2,1-2H3,(H,18,19)(H,14,15,17). The fourth-order valence-electron chi connectivity index (χ4n) is 1.57. The number of hydrogen-bond donors (Lipinski definition) is 2. The largest absolute Gasteiger partial charge is 0.479 e. The molecule has 1 amide bonds. The van der Waals surface area contributed by atoms with Crippen molar-refractivity contribution in [3.05, 3.63) is 34.7 Å². The van der Waals surface area contributed by atoms with Gasteiger partial charge in [-0.1, -0.05) is 0 Å². The van der Waals surface area contributed by atoms with Crippen LogP contribution in [0.2, 0.25) is 0 Å². The highest BCUT2D eigenvalue weighted by Gasteiger charge is 2.30. The molecule has 0 spiro atoms. The molecule has 0 saturated heterocycles. The lowest BCUT2D eigenvalue weighted by Crippen LogP contribution is -2.36. The molecular formula is C13H15N3O3S. The normalized spacial score (nSPS) is 11.3. The van der Waals surface area contributed by atoms with Crippen molar-refractivity contribution in [1.82, 2.24) is 9.78 Å². The molecule has 7 heteroatoms. The maximum atomic E-state index is 11.8. The van der Waals surface area contributed by atoms with Crippen molar-refractivity contribution in [2.75, 3.05) is 5.32 Å². The summed E-state index contributed by atoms with van der Waals surface area (Å²) in [5.41, 5.74) is -0.214. The molecule has 0 fully saturated rings. The first-order chi connectivity index (χ1) is 9.39. The number of rotatable bonds is 5. The summed E-state index contributed by atoms with van der Waals surface area (Å²) in [7, 11) is 0. The lowest BCUT2D eigenvalue weighted by atomic mass is 10.1. The van der Waals surface area contributed by atoms with Gasteiger partial charge in [0, 0.05) is 12.3 Å². The second kappa shape index (κ2) is 5.46. The first-order valence-electron chi connectivity index (χ1n) is 6.00. The van der Waals surface area contributed by atoms with Crippen LogP contribution in [-0.2, 0) is 21.5 Å². The van der Waals surface area contributed by atoms with Crippen LogP contribution in [0.25, 0.3) is 0 Å². The van der Waals surface area contributed by atoms with Gasteiger partial charge in [-0.15, -0.1) is 0 Å². The van der Waals surface area contributed by atoms with Gasteiger partial charge in [0.15, 0.2) is 11.4 Å².